The van der Waals surface area contributed by atoms with E-state index >= 15 is 0 Å². The molecular weight excluding hydrogens is 268 g/mol. The summed E-state index contributed by atoms with van der Waals surface area (Å²) < 4.78 is 5.69. The van der Waals surface area contributed by atoms with Gasteiger partial charge in [0.1, 0.15) is 12.3 Å². The van der Waals surface area contributed by atoms with Gasteiger partial charge in [0.2, 0.25) is 0 Å². The number of nitriles is 1. The first-order valence-electron chi connectivity index (χ1n) is 6.96. The van der Waals surface area contributed by atoms with Crippen molar-refractivity contribution >= 4 is 17.4 Å². The molecule has 2 rings (SSSR count). The Morgan fingerprint density at radius 2 is 2.14 bits per heavy atom. The van der Waals surface area contributed by atoms with Gasteiger partial charge in [-0.15, -0.1) is 0 Å². The third kappa shape index (κ3) is 2.75. The van der Waals surface area contributed by atoms with Gasteiger partial charge in [0.25, 0.3) is 5.91 Å². The van der Waals surface area contributed by atoms with Crippen LogP contribution in [0.15, 0.2) is 18.2 Å². The van der Waals surface area contributed by atoms with Crippen molar-refractivity contribution in [3.63, 3.8) is 0 Å². The number of ketones is 1. The second-order valence-electron chi connectivity index (χ2n) is 5.52. The third-order valence-corrected chi connectivity index (χ3v) is 3.40. The van der Waals surface area contributed by atoms with Gasteiger partial charge in [0.15, 0.2) is 11.4 Å². The number of amides is 1. The molecule has 0 atom stereocenters. The fourth-order valence-electron chi connectivity index (χ4n) is 2.34. The monoisotopic (exact) mass is 286 g/mol. The summed E-state index contributed by atoms with van der Waals surface area (Å²) in [5, 5.41) is 8.94. The van der Waals surface area contributed by atoms with Crippen LogP contribution < -0.4 is 9.64 Å². The van der Waals surface area contributed by atoms with Crippen molar-refractivity contribution in [1.82, 2.24) is 0 Å². The molecule has 0 aromatic heterocycles. The topological polar surface area (TPSA) is 70.4 Å². The van der Waals surface area contributed by atoms with Gasteiger partial charge in [-0.25, -0.2) is 0 Å². The molecule has 1 aromatic rings. The maximum atomic E-state index is 12.4. The number of carbonyl (C=O) groups excluding carboxylic acids is 2. The molecule has 110 valence electrons. The van der Waals surface area contributed by atoms with E-state index in [9.17, 15) is 9.59 Å². The number of hydrogen-bond donors (Lipinski definition) is 0. The molecule has 0 unspecified atom stereocenters. The van der Waals surface area contributed by atoms with Crippen LogP contribution in [-0.4, -0.2) is 23.8 Å². The minimum atomic E-state index is -1.02. The van der Waals surface area contributed by atoms with Crippen molar-refractivity contribution in [2.75, 3.05) is 11.4 Å². The average molecular weight is 286 g/mol. The van der Waals surface area contributed by atoms with E-state index in [1.54, 1.807) is 32.0 Å². The zero-order valence-electron chi connectivity index (χ0n) is 12.5. The number of fused-ring (bicyclic) bond motifs is 1. The number of benzene rings is 1. The molecule has 1 aliphatic heterocycles. The lowest BCUT2D eigenvalue weighted by Crippen LogP contribution is -2.52. The van der Waals surface area contributed by atoms with Crippen LogP contribution >= 0.6 is 0 Å². The van der Waals surface area contributed by atoms with Gasteiger partial charge < -0.3 is 4.74 Å². The molecule has 1 aliphatic rings. The Morgan fingerprint density at radius 1 is 1.43 bits per heavy atom. The lowest BCUT2D eigenvalue weighted by Gasteiger charge is -2.37. The van der Waals surface area contributed by atoms with E-state index in [4.69, 9.17) is 10.00 Å². The van der Waals surface area contributed by atoms with Gasteiger partial charge in [0.05, 0.1) is 11.8 Å². The van der Waals surface area contributed by atoms with E-state index in [-0.39, 0.29) is 18.2 Å². The van der Waals surface area contributed by atoms with E-state index < -0.39 is 5.60 Å². The molecule has 21 heavy (non-hydrogen) atoms. The van der Waals surface area contributed by atoms with Crippen LogP contribution in [0.4, 0.5) is 5.69 Å². The summed E-state index contributed by atoms with van der Waals surface area (Å²) in [5.41, 5.74) is 0.0104. The van der Waals surface area contributed by atoms with E-state index in [1.165, 1.54) is 4.90 Å². The minimum Gasteiger partial charge on any atom is -0.476 e. The third-order valence-electron chi connectivity index (χ3n) is 3.40. The predicted octanol–water partition coefficient (Wildman–Crippen LogP) is 2.70. The van der Waals surface area contributed by atoms with Gasteiger partial charge in [-0.2, -0.15) is 5.26 Å². The first-order valence-corrected chi connectivity index (χ1v) is 6.96. The molecule has 0 bridgehead atoms. The number of carbonyl (C=O) groups is 2. The van der Waals surface area contributed by atoms with Crippen molar-refractivity contribution in [2.45, 2.75) is 39.2 Å². The number of nitrogens with zero attached hydrogens (tertiary/aromatic N) is 2. The van der Waals surface area contributed by atoms with Crippen LogP contribution in [0.1, 0.15) is 44.0 Å². The summed E-state index contributed by atoms with van der Waals surface area (Å²) in [6, 6.07) is 7.01. The highest BCUT2D eigenvalue weighted by Crippen LogP contribution is 2.38. The van der Waals surface area contributed by atoms with Crippen LogP contribution in [0, 0.1) is 11.3 Å². The van der Waals surface area contributed by atoms with Crippen LogP contribution in [-0.2, 0) is 4.79 Å². The lowest BCUT2D eigenvalue weighted by molar-refractivity contribution is -0.132. The zero-order chi connectivity index (χ0) is 15.6. The first kappa shape index (κ1) is 15.0. The fourth-order valence-corrected chi connectivity index (χ4v) is 2.34. The second-order valence-corrected chi connectivity index (χ2v) is 5.52. The molecule has 0 saturated heterocycles. The fraction of sp³-hybridized carbons (Fsp3) is 0.438. The molecule has 1 heterocycles. The zero-order valence-corrected chi connectivity index (χ0v) is 12.5. The summed E-state index contributed by atoms with van der Waals surface area (Å²) in [6.07, 6.45) is 1.22. The summed E-state index contributed by atoms with van der Waals surface area (Å²) in [5.74, 6) is 0.258. The molecule has 0 saturated carbocycles. The summed E-state index contributed by atoms with van der Waals surface area (Å²) >= 11 is 0. The number of hydrogen-bond acceptors (Lipinski definition) is 4. The second kappa shape index (κ2) is 5.57. The number of ether oxygens (including phenoxy) is 1. The van der Waals surface area contributed by atoms with Crippen molar-refractivity contribution < 1.29 is 14.3 Å². The molecule has 0 radical (unpaired) electrons. The van der Waals surface area contributed by atoms with Gasteiger partial charge in [-0.05, 0) is 38.5 Å². The Labute approximate surface area is 124 Å². The molecule has 0 N–H and O–H groups in total. The van der Waals surface area contributed by atoms with Crippen LogP contribution in [0.3, 0.4) is 0 Å². The maximum absolute atomic E-state index is 12.4. The quantitative estimate of drug-likeness (QED) is 0.630. The SMILES string of the molecule is CCCC(=O)c1ccc2c(c1)N(CC#N)C(=O)C(C)(C)O2. The molecule has 5 heteroatoms. The van der Waals surface area contributed by atoms with E-state index in [1.807, 2.05) is 13.0 Å². The number of Topliss-reactive ketones (excluding diaryl/α,β-unsaturated/α-hetero) is 1. The summed E-state index contributed by atoms with van der Waals surface area (Å²) in [4.78, 5) is 25.7. The highest BCUT2D eigenvalue weighted by Gasteiger charge is 2.41. The van der Waals surface area contributed by atoms with E-state index in [0.717, 1.165) is 6.42 Å². The normalized spacial score (nSPS) is 15.9. The summed E-state index contributed by atoms with van der Waals surface area (Å²) in [7, 11) is 0. The van der Waals surface area contributed by atoms with Gasteiger partial charge in [0, 0.05) is 12.0 Å². The Bertz CT molecular complexity index is 629. The summed E-state index contributed by atoms with van der Waals surface area (Å²) in [6.45, 7) is 5.20. The Kier molecular flexibility index (Phi) is 3.99. The molecule has 0 fully saturated rings. The Morgan fingerprint density at radius 3 is 2.76 bits per heavy atom. The van der Waals surface area contributed by atoms with Gasteiger partial charge in [-0.3, -0.25) is 14.5 Å². The van der Waals surface area contributed by atoms with Crippen LogP contribution in [0.5, 0.6) is 5.75 Å². The molecule has 5 nitrogen and oxygen atoms in total. The number of rotatable bonds is 4. The number of anilines is 1. The molecule has 0 spiro atoms. The first-order chi connectivity index (χ1) is 9.90. The van der Waals surface area contributed by atoms with Gasteiger partial charge in [-0.1, -0.05) is 6.92 Å². The highest BCUT2D eigenvalue weighted by molar-refractivity contribution is 6.04. The molecule has 0 aliphatic carbocycles. The van der Waals surface area contributed by atoms with Crippen LogP contribution in [0.25, 0.3) is 0 Å². The smallest absolute Gasteiger partial charge is 0.271 e. The molecule has 1 amide bonds. The Hall–Kier alpha value is -2.35. The largest absolute Gasteiger partial charge is 0.476 e. The Balaban J connectivity index is 2.48. The standard InChI is InChI=1S/C16H18N2O3/c1-4-5-13(19)11-6-7-14-12(10-11)18(9-8-17)15(20)16(2,3)21-14/h6-7,10H,4-5,9H2,1-3H3. The molecule has 1 aromatic carbocycles. The highest BCUT2D eigenvalue weighted by atomic mass is 16.5. The van der Waals surface area contributed by atoms with E-state index in [2.05, 4.69) is 0 Å². The van der Waals surface area contributed by atoms with Crippen molar-refractivity contribution in [1.29, 1.82) is 5.26 Å². The van der Waals surface area contributed by atoms with Crippen molar-refractivity contribution in [3.8, 4) is 11.8 Å². The maximum Gasteiger partial charge on any atom is 0.271 e. The van der Waals surface area contributed by atoms with Crippen molar-refractivity contribution in [3.05, 3.63) is 23.8 Å². The predicted molar refractivity (Wildman–Crippen MR) is 78.4 cm³/mol. The lowest BCUT2D eigenvalue weighted by atomic mass is 10.0. The molecular formula is C16H18N2O3. The van der Waals surface area contributed by atoms with Crippen molar-refractivity contribution in [2.24, 2.45) is 0 Å². The minimum absolute atomic E-state index is 0.0227. The van der Waals surface area contributed by atoms with Gasteiger partial charge >= 0.3 is 0 Å². The van der Waals surface area contributed by atoms with E-state index in [0.29, 0.717) is 23.4 Å². The average Bonchev–Trinajstić information content (AvgIpc) is 2.43. The van der Waals surface area contributed by atoms with Crippen LogP contribution in [0.2, 0.25) is 0 Å².